The Hall–Kier alpha value is -0.860. The van der Waals surface area contributed by atoms with Gasteiger partial charge in [-0.25, -0.2) is 0 Å². The van der Waals surface area contributed by atoms with Gasteiger partial charge < -0.3 is 10.2 Å². The lowest BCUT2D eigenvalue weighted by Crippen LogP contribution is -2.36. The average Bonchev–Trinajstić information content (AvgIpc) is 3.04. The third-order valence-corrected chi connectivity index (χ3v) is 9.20. The second-order valence-corrected chi connectivity index (χ2v) is 11.4. The summed E-state index contributed by atoms with van der Waals surface area (Å²) in [7, 11) is 0. The molecule has 2 heteroatoms. The van der Waals surface area contributed by atoms with E-state index < -0.39 is 12.2 Å². The Morgan fingerprint density at radius 3 is 2.53 bits per heavy atom. The van der Waals surface area contributed by atoms with Crippen LogP contribution < -0.4 is 0 Å². The molecular formula is C28H46O2. The van der Waals surface area contributed by atoms with Crippen molar-refractivity contribution in [3.8, 4) is 0 Å². The summed E-state index contributed by atoms with van der Waals surface area (Å²) in [6.07, 6.45) is 13.8. The fourth-order valence-corrected chi connectivity index (χ4v) is 6.74. The number of allylic oxidation sites excluding steroid dienone is 3. The van der Waals surface area contributed by atoms with Crippen molar-refractivity contribution in [3.05, 3.63) is 35.5 Å². The minimum Gasteiger partial charge on any atom is -0.393 e. The molecule has 0 unspecified atom stereocenters. The van der Waals surface area contributed by atoms with Crippen molar-refractivity contribution in [2.75, 3.05) is 0 Å². The molecule has 2 nitrogen and oxygen atoms in total. The number of aliphatic hydroxyl groups is 2. The Kier molecular flexibility index (Phi) is 7.72. The van der Waals surface area contributed by atoms with Gasteiger partial charge in [0, 0.05) is 6.42 Å². The fraction of sp³-hybridized carbons (Fsp3) is 0.786. The van der Waals surface area contributed by atoms with Gasteiger partial charge in [-0.1, -0.05) is 71.8 Å². The van der Waals surface area contributed by atoms with Gasteiger partial charge in [0.15, 0.2) is 0 Å². The van der Waals surface area contributed by atoms with Crippen LogP contribution in [0.4, 0.5) is 0 Å². The highest BCUT2D eigenvalue weighted by Gasteiger charge is 2.50. The van der Waals surface area contributed by atoms with E-state index in [1.165, 1.54) is 44.9 Å². The molecule has 0 saturated heterocycles. The second kappa shape index (κ2) is 9.74. The van der Waals surface area contributed by atoms with E-state index in [0.717, 1.165) is 34.8 Å². The quantitative estimate of drug-likeness (QED) is 0.500. The molecule has 0 aromatic rings. The van der Waals surface area contributed by atoms with Crippen molar-refractivity contribution in [3.63, 3.8) is 0 Å². The molecule has 0 bridgehead atoms. The van der Waals surface area contributed by atoms with Gasteiger partial charge in [0.1, 0.15) is 0 Å². The Labute approximate surface area is 185 Å². The van der Waals surface area contributed by atoms with Gasteiger partial charge in [0.05, 0.1) is 12.2 Å². The van der Waals surface area contributed by atoms with E-state index in [1.807, 2.05) is 0 Å². The van der Waals surface area contributed by atoms with Crippen LogP contribution in [-0.4, -0.2) is 22.4 Å². The molecule has 3 fully saturated rings. The monoisotopic (exact) mass is 414 g/mol. The van der Waals surface area contributed by atoms with E-state index in [4.69, 9.17) is 0 Å². The SMILES string of the molecule is C=C1C(=CC=C2CCC[C@]3(C)[C@@H]([C@H](C)CC[C@H](C)C(C)C)CC[C@@H]23)C[C@@H](O)C[C@@H]1O. The van der Waals surface area contributed by atoms with Gasteiger partial charge in [-0.2, -0.15) is 0 Å². The predicted molar refractivity (Wildman–Crippen MR) is 127 cm³/mol. The van der Waals surface area contributed by atoms with Crippen molar-refractivity contribution >= 4 is 0 Å². The topological polar surface area (TPSA) is 40.5 Å². The van der Waals surface area contributed by atoms with Crippen LogP contribution in [0, 0.1) is 35.0 Å². The number of fused-ring (bicyclic) bond motifs is 1. The van der Waals surface area contributed by atoms with Gasteiger partial charge in [-0.05, 0) is 84.7 Å². The van der Waals surface area contributed by atoms with Crippen LogP contribution in [-0.2, 0) is 0 Å². The third kappa shape index (κ3) is 4.96. The number of hydrogen-bond acceptors (Lipinski definition) is 2. The Morgan fingerprint density at radius 2 is 1.83 bits per heavy atom. The standard InChI is InChI=1S/C28H46O2/c1-18(2)19(3)9-10-20(4)25-13-14-26-22(8-7-15-28(25,26)6)11-12-23-16-24(29)17-27(30)21(23)5/h11-12,18-20,24-27,29-30H,5,7-10,13-17H2,1-4,6H3/t19-,20+,24+,25+,26-,27-,28+/m0/s1. The molecule has 3 saturated carbocycles. The summed E-state index contributed by atoms with van der Waals surface area (Å²) in [5, 5.41) is 20.2. The first-order valence-corrected chi connectivity index (χ1v) is 12.6. The van der Waals surface area contributed by atoms with E-state index in [1.54, 1.807) is 5.57 Å². The van der Waals surface area contributed by atoms with Gasteiger partial charge in [0.2, 0.25) is 0 Å². The number of rotatable bonds is 6. The first-order valence-electron chi connectivity index (χ1n) is 12.6. The molecule has 0 heterocycles. The molecule has 0 aromatic carbocycles. The molecule has 7 atom stereocenters. The van der Waals surface area contributed by atoms with Crippen LogP contribution in [0.3, 0.4) is 0 Å². The minimum atomic E-state index is -0.597. The van der Waals surface area contributed by atoms with Crippen molar-refractivity contribution in [2.24, 2.45) is 35.0 Å². The van der Waals surface area contributed by atoms with E-state index in [2.05, 4.69) is 53.3 Å². The maximum atomic E-state index is 10.1. The van der Waals surface area contributed by atoms with Gasteiger partial charge in [0.25, 0.3) is 0 Å². The Morgan fingerprint density at radius 1 is 1.10 bits per heavy atom. The summed E-state index contributed by atoms with van der Waals surface area (Å²) in [5.74, 6) is 3.95. The highest BCUT2D eigenvalue weighted by Crippen LogP contribution is 2.60. The second-order valence-electron chi connectivity index (χ2n) is 11.4. The van der Waals surface area contributed by atoms with E-state index in [-0.39, 0.29) is 0 Å². The molecule has 3 rings (SSSR count). The largest absolute Gasteiger partial charge is 0.393 e. The lowest BCUT2D eigenvalue weighted by atomic mass is 9.60. The lowest BCUT2D eigenvalue weighted by Gasteiger charge is -2.44. The molecule has 0 aromatic heterocycles. The highest BCUT2D eigenvalue weighted by atomic mass is 16.3. The smallest absolute Gasteiger partial charge is 0.0811 e. The zero-order valence-corrected chi connectivity index (χ0v) is 20.2. The van der Waals surface area contributed by atoms with Crippen LogP contribution in [0.2, 0.25) is 0 Å². The molecule has 0 aliphatic heterocycles. The fourth-order valence-electron chi connectivity index (χ4n) is 6.74. The minimum absolute atomic E-state index is 0.419. The predicted octanol–water partition coefficient (Wildman–Crippen LogP) is 6.84. The number of aliphatic hydroxyl groups excluding tert-OH is 2. The summed E-state index contributed by atoms with van der Waals surface area (Å²) in [6, 6.07) is 0. The summed E-state index contributed by atoms with van der Waals surface area (Å²) in [4.78, 5) is 0. The summed E-state index contributed by atoms with van der Waals surface area (Å²) in [5.41, 5.74) is 3.87. The zero-order chi connectivity index (χ0) is 22.1. The molecule has 170 valence electrons. The van der Waals surface area contributed by atoms with Crippen molar-refractivity contribution in [1.82, 2.24) is 0 Å². The molecular weight excluding hydrogens is 368 g/mol. The molecule has 2 N–H and O–H groups in total. The van der Waals surface area contributed by atoms with Crippen LogP contribution in [0.15, 0.2) is 35.5 Å². The van der Waals surface area contributed by atoms with Gasteiger partial charge in [-0.3, -0.25) is 0 Å². The first-order chi connectivity index (χ1) is 14.1. The number of hydrogen-bond donors (Lipinski definition) is 2. The lowest BCUT2D eigenvalue weighted by molar-refractivity contribution is 0.0861. The van der Waals surface area contributed by atoms with Crippen LogP contribution >= 0.6 is 0 Å². The average molecular weight is 415 g/mol. The van der Waals surface area contributed by atoms with Crippen molar-refractivity contribution in [2.45, 2.75) is 105 Å². The van der Waals surface area contributed by atoms with Crippen LogP contribution in [0.1, 0.15) is 92.4 Å². The normalized spacial score (nSPS) is 39.5. The Bertz CT molecular complexity index is 672. The highest BCUT2D eigenvalue weighted by molar-refractivity contribution is 5.38. The molecule has 0 radical (unpaired) electrons. The summed E-state index contributed by atoms with van der Waals surface area (Å²) >= 11 is 0. The van der Waals surface area contributed by atoms with Gasteiger partial charge >= 0.3 is 0 Å². The summed E-state index contributed by atoms with van der Waals surface area (Å²) < 4.78 is 0. The van der Waals surface area contributed by atoms with Crippen LogP contribution in [0.5, 0.6) is 0 Å². The molecule has 0 amide bonds. The molecule has 3 aliphatic carbocycles. The first kappa shape index (κ1) is 23.8. The molecule has 3 aliphatic rings. The third-order valence-electron chi connectivity index (χ3n) is 9.20. The van der Waals surface area contributed by atoms with E-state index in [0.29, 0.717) is 24.2 Å². The maximum Gasteiger partial charge on any atom is 0.0811 e. The zero-order valence-electron chi connectivity index (χ0n) is 20.2. The molecule has 0 spiro atoms. The maximum absolute atomic E-state index is 10.1. The van der Waals surface area contributed by atoms with Gasteiger partial charge in [-0.15, -0.1) is 0 Å². The van der Waals surface area contributed by atoms with Crippen molar-refractivity contribution in [1.29, 1.82) is 0 Å². The van der Waals surface area contributed by atoms with E-state index in [9.17, 15) is 10.2 Å². The van der Waals surface area contributed by atoms with Crippen molar-refractivity contribution < 1.29 is 10.2 Å². The summed E-state index contributed by atoms with van der Waals surface area (Å²) in [6.45, 7) is 16.3. The molecule has 30 heavy (non-hydrogen) atoms. The Balaban J connectivity index is 1.72. The van der Waals surface area contributed by atoms with Crippen LogP contribution in [0.25, 0.3) is 0 Å². The van der Waals surface area contributed by atoms with E-state index >= 15 is 0 Å².